The first-order valence-corrected chi connectivity index (χ1v) is 20.2. The Bertz CT molecular complexity index is 2180. The minimum atomic E-state index is -2.03. The van der Waals surface area contributed by atoms with Gasteiger partial charge in [-0.05, 0) is 38.5 Å². The topological polar surface area (TPSA) is 213 Å². The normalized spacial score (nSPS) is 29.6. The molecular weight excluding hydrogens is 773 g/mol. The molecule has 5 bridgehead atoms. The number of ketones is 1. The van der Waals surface area contributed by atoms with Gasteiger partial charge in [0.05, 0.1) is 41.2 Å². The molecule has 3 heterocycles. The van der Waals surface area contributed by atoms with Crippen molar-refractivity contribution in [3.63, 3.8) is 0 Å². The van der Waals surface area contributed by atoms with Crippen LogP contribution in [-0.4, -0.2) is 87.0 Å². The lowest BCUT2D eigenvalue weighted by Gasteiger charge is -2.38. The predicted molar refractivity (Wildman–Crippen MR) is 226 cm³/mol. The van der Waals surface area contributed by atoms with Crippen molar-refractivity contribution in [3.8, 4) is 23.0 Å². The van der Waals surface area contributed by atoms with Crippen molar-refractivity contribution in [2.75, 3.05) is 19.0 Å². The molecule has 14 heteroatoms. The zero-order chi connectivity index (χ0) is 44.2. The molecule has 3 aromatic carbocycles. The van der Waals surface area contributed by atoms with Gasteiger partial charge in [0.1, 0.15) is 23.4 Å². The van der Waals surface area contributed by atoms with E-state index in [1.165, 1.54) is 46.3 Å². The summed E-state index contributed by atoms with van der Waals surface area (Å²) < 4.78 is 23.6. The number of fused-ring (bicyclic) bond motifs is 14. The molecule has 1 amide bonds. The van der Waals surface area contributed by atoms with Crippen LogP contribution in [0.2, 0.25) is 0 Å². The Kier molecular flexibility index (Phi) is 14.4. The molecular formula is C46H58N2O12. The fourth-order valence-electron chi connectivity index (χ4n) is 8.07. The van der Waals surface area contributed by atoms with Crippen molar-refractivity contribution in [2.24, 2.45) is 23.7 Å². The maximum atomic E-state index is 14.4. The molecule has 6 rings (SSSR count). The summed E-state index contributed by atoms with van der Waals surface area (Å²) in [5.41, 5.74) is 1.07. The maximum Gasteiger partial charge on any atom is 0.312 e. The number of aliphatic hydroxyl groups excluding tert-OH is 2. The second kappa shape index (κ2) is 18.9. The highest BCUT2D eigenvalue weighted by molar-refractivity contribution is 6.22. The van der Waals surface area contributed by atoms with Crippen LogP contribution in [0.1, 0.15) is 75.5 Å². The number of anilines is 1. The Morgan fingerprint density at radius 1 is 0.917 bits per heavy atom. The summed E-state index contributed by atoms with van der Waals surface area (Å²) >= 11 is 0. The number of ether oxygens (including phenoxy) is 4. The van der Waals surface area contributed by atoms with Gasteiger partial charge >= 0.3 is 11.8 Å². The SMILES string of the molecule is CO[C@H]1/C=C/O[C@@]2(C)Oc3c(C)c(O)c4c(O)c(c(CCNCc5ccccc5)c(O)c4c3C2=O)NC(=O)/C(C)=C\C=C\[C@H](C)[C@H](O)[C@@H](C)[C@@H](O)[C@@H](C)[C@H](OC(C)=O)[C@@H]1C. The first kappa shape index (κ1) is 45.7. The van der Waals surface area contributed by atoms with Gasteiger partial charge in [0.15, 0.2) is 5.75 Å². The number of methoxy groups -OCH3 is 1. The Morgan fingerprint density at radius 2 is 1.60 bits per heavy atom. The molecule has 3 aliphatic heterocycles. The summed E-state index contributed by atoms with van der Waals surface area (Å²) in [6.45, 7) is 13.3. The first-order chi connectivity index (χ1) is 28.3. The Morgan fingerprint density at radius 3 is 2.25 bits per heavy atom. The van der Waals surface area contributed by atoms with Crippen molar-refractivity contribution in [2.45, 2.75) is 98.6 Å². The molecule has 0 spiro atoms. The smallest absolute Gasteiger partial charge is 0.312 e. The minimum Gasteiger partial charge on any atom is -0.507 e. The van der Waals surface area contributed by atoms with Crippen LogP contribution in [-0.2, 0) is 36.8 Å². The molecule has 0 saturated heterocycles. The third-order valence-corrected chi connectivity index (χ3v) is 11.8. The number of Topliss-reactive ketones (excluding diaryl/α,β-unsaturated/α-hetero) is 1. The second-order valence-corrected chi connectivity index (χ2v) is 16.1. The fraction of sp³-hybridized carbons (Fsp3) is 0.457. The summed E-state index contributed by atoms with van der Waals surface area (Å²) in [4.78, 5) is 40.5. The lowest BCUT2D eigenvalue weighted by Crippen LogP contribution is -2.46. The molecule has 3 aliphatic rings. The molecule has 3 aromatic rings. The van der Waals surface area contributed by atoms with E-state index in [-0.39, 0.29) is 57.4 Å². The summed E-state index contributed by atoms with van der Waals surface area (Å²) in [6, 6.07) is 9.63. The van der Waals surface area contributed by atoms with Gasteiger partial charge in [0.25, 0.3) is 11.7 Å². The van der Waals surface area contributed by atoms with E-state index < -0.39 is 88.8 Å². The number of hydrogen-bond donors (Lipinski definition) is 7. The summed E-state index contributed by atoms with van der Waals surface area (Å²) in [7, 11) is 1.44. The molecule has 9 atom stereocenters. The fourth-order valence-corrected chi connectivity index (χ4v) is 8.07. The van der Waals surface area contributed by atoms with Crippen LogP contribution in [0.4, 0.5) is 5.69 Å². The quantitative estimate of drug-likeness (QED) is 0.0623. The van der Waals surface area contributed by atoms with Crippen molar-refractivity contribution in [1.29, 1.82) is 0 Å². The number of allylic oxidation sites excluding steroid dienone is 2. The minimum absolute atomic E-state index is 0.0679. The van der Waals surface area contributed by atoms with Crippen molar-refractivity contribution < 1.29 is 58.9 Å². The number of aromatic hydroxyl groups is 3. The van der Waals surface area contributed by atoms with Gasteiger partial charge in [0, 0.05) is 73.3 Å². The zero-order valence-corrected chi connectivity index (χ0v) is 35.6. The van der Waals surface area contributed by atoms with Crippen LogP contribution in [0.3, 0.4) is 0 Å². The lowest BCUT2D eigenvalue weighted by atomic mass is 9.78. The Labute approximate surface area is 350 Å². The van der Waals surface area contributed by atoms with Crippen molar-refractivity contribution in [1.82, 2.24) is 5.32 Å². The molecule has 0 saturated carbocycles. The molecule has 0 fully saturated rings. The molecule has 0 aliphatic carbocycles. The maximum absolute atomic E-state index is 14.4. The average molecular weight is 831 g/mol. The van der Waals surface area contributed by atoms with Crippen LogP contribution in [0.25, 0.3) is 10.8 Å². The zero-order valence-electron chi connectivity index (χ0n) is 35.6. The van der Waals surface area contributed by atoms with Gasteiger partial charge in [-0.25, -0.2) is 0 Å². The molecule has 14 nitrogen and oxygen atoms in total. The van der Waals surface area contributed by atoms with Crippen LogP contribution in [0.15, 0.2) is 66.5 Å². The van der Waals surface area contributed by atoms with E-state index in [0.717, 1.165) is 5.56 Å². The summed E-state index contributed by atoms with van der Waals surface area (Å²) in [5, 5.41) is 64.1. The molecule has 324 valence electrons. The number of nitrogens with one attached hydrogen (secondary N) is 2. The molecule has 0 radical (unpaired) electrons. The van der Waals surface area contributed by atoms with Crippen molar-refractivity contribution in [3.05, 3.63) is 88.7 Å². The van der Waals surface area contributed by atoms with Crippen LogP contribution >= 0.6 is 0 Å². The number of esters is 1. The number of benzene rings is 3. The number of carbonyl (C=O) groups excluding carboxylic acids is 3. The van der Waals surface area contributed by atoms with Gasteiger partial charge in [-0.2, -0.15) is 0 Å². The van der Waals surface area contributed by atoms with E-state index in [4.69, 9.17) is 18.9 Å². The highest BCUT2D eigenvalue weighted by atomic mass is 16.7. The number of amides is 1. The first-order valence-electron chi connectivity index (χ1n) is 20.2. The largest absolute Gasteiger partial charge is 0.507 e. The molecule has 7 N–H and O–H groups in total. The van der Waals surface area contributed by atoms with Gasteiger partial charge in [-0.15, -0.1) is 0 Å². The van der Waals surface area contributed by atoms with Gasteiger partial charge < -0.3 is 55.1 Å². The highest BCUT2D eigenvalue weighted by Gasteiger charge is 2.50. The highest BCUT2D eigenvalue weighted by Crippen LogP contribution is 2.55. The van der Waals surface area contributed by atoms with E-state index in [2.05, 4.69) is 10.6 Å². The van der Waals surface area contributed by atoms with E-state index in [1.54, 1.807) is 46.8 Å². The Balaban J connectivity index is 1.66. The lowest BCUT2D eigenvalue weighted by molar-refractivity contribution is -0.160. The van der Waals surface area contributed by atoms with E-state index in [9.17, 15) is 39.9 Å². The molecule has 60 heavy (non-hydrogen) atoms. The number of rotatable bonds is 7. The third kappa shape index (κ3) is 9.16. The standard InChI is InChI=1S/C46H58N2O12/c1-23-14-13-15-24(2)45(56)48-36-31(18-20-47-22-30-16-11-10-12-17-30)40(53)33-34(41(36)54)39(52)28(6)43-35(33)44(55)46(8,60-43)58-21-19-32(57-9)25(3)42(59-29(7)49)27(5)38(51)26(4)37(23)50/h10-17,19,21,23,25-27,32,37-38,42,47,50-54H,18,20,22H2,1-9H3,(H,48,56)/b14-13+,21-19+,24-15-/t23-,25+,26+,27+,32-,37-,38+,42+,46-/m0/s1. The number of carbonyl (C=O) groups is 3. The van der Waals surface area contributed by atoms with E-state index in [0.29, 0.717) is 6.54 Å². The molecule has 0 unspecified atom stereocenters. The number of hydrogen-bond acceptors (Lipinski definition) is 13. The average Bonchev–Trinajstić information content (AvgIpc) is 3.48. The molecule has 0 aromatic heterocycles. The van der Waals surface area contributed by atoms with E-state index >= 15 is 0 Å². The number of aliphatic hydroxyl groups is 2. The second-order valence-electron chi connectivity index (χ2n) is 16.1. The predicted octanol–water partition coefficient (Wildman–Crippen LogP) is 6.09. The van der Waals surface area contributed by atoms with Crippen LogP contribution in [0, 0.1) is 30.6 Å². The summed E-state index contributed by atoms with van der Waals surface area (Å²) in [6.07, 6.45) is 3.72. The van der Waals surface area contributed by atoms with Gasteiger partial charge in [-0.1, -0.05) is 76.3 Å². The van der Waals surface area contributed by atoms with Gasteiger partial charge in [0.2, 0.25) is 0 Å². The van der Waals surface area contributed by atoms with E-state index in [1.807, 2.05) is 30.3 Å². The van der Waals surface area contributed by atoms with Gasteiger partial charge in [-0.3, -0.25) is 14.4 Å². The number of phenols is 3. The van der Waals surface area contributed by atoms with Crippen LogP contribution in [0.5, 0.6) is 23.0 Å². The number of phenolic OH excluding ortho intramolecular Hbond substituents is 3. The Hall–Kier alpha value is -5.41. The van der Waals surface area contributed by atoms with Crippen molar-refractivity contribution >= 4 is 34.1 Å². The van der Waals surface area contributed by atoms with Crippen LogP contribution < -0.4 is 15.4 Å². The summed E-state index contributed by atoms with van der Waals surface area (Å²) in [5.74, 6) is -8.03. The monoisotopic (exact) mass is 830 g/mol. The third-order valence-electron chi connectivity index (χ3n) is 11.8.